The van der Waals surface area contributed by atoms with Crippen LogP contribution in [0.15, 0.2) is 35.3 Å². The van der Waals surface area contributed by atoms with Crippen molar-refractivity contribution in [2.75, 3.05) is 31.1 Å². The highest BCUT2D eigenvalue weighted by molar-refractivity contribution is 5.97. The van der Waals surface area contributed by atoms with Crippen molar-refractivity contribution < 1.29 is 9.59 Å². The molecule has 1 aliphatic heterocycles. The van der Waals surface area contributed by atoms with Crippen molar-refractivity contribution in [3.05, 3.63) is 30.3 Å². The molecule has 0 bridgehead atoms. The van der Waals surface area contributed by atoms with Gasteiger partial charge in [0.05, 0.1) is 6.04 Å². The van der Waals surface area contributed by atoms with E-state index in [0.717, 1.165) is 5.69 Å². The average molecular weight is 331 g/mol. The molecule has 1 heterocycles. The first-order valence-electron chi connectivity index (χ1n) is 8.31. The highest BCUT2D eigenvalue weighted by Crippen LogP contribution is 2.20. The summed E-state index contributed by atoms with van der Waals surface area (Å²) in [7, 11) is 0. The molecule has 0 radical (unpaired) electrons. The summed E-state index contributed by atoms with van der Waals surface area (Å²) in [6.07, 6.45) is 0.403. The fourth-order valence-corrected chi connectivity index (χ4v) is 2.58. The molecule has 2 amide bonds. The van der Waals surface area contributed by atoms with E-state index in [4.69, 9.17) is 0 Å². The molecule has 0 saturated carbocycles. The Morgan fingerprint density at radius 2 is 1.92 bits per heavy atom. The molecule has 0 aromatic heterocycles. The van der Waals surface area contributed by atoms with E-state index >= 15 is 0 Å². The van der Waals surface area contributed by atoms with Crippen LogP contribution in [0, 0.1) is 0 Å². The zero-order valence-corrected chi connectivity index (χ0v) is 14.2. The van der Waals surface area contributed by atoms with E-state index in [0.29, 0.717) is 32.0 Å². The van der Waals surface area contributed by atoms with Crippen molar-refractivity contribution in [1.82, 2.24) is 16.0 Å². The smallest absolute Gasteiger partial charge is 0.241 e. The molecule has 0 aliphatic carbocycles. The highest BCUT2D eigenvalue weighted by atomic mass is 16.2. The lowest BCUT2D eigenvalue weighted by Crippen LogP contribution is -2.45. The fourth-order valence-electron chi connectivity index (χ4n) is 2.58. The number of benzene rings is 1. The monoisotopic (exact) mass is 331 g/mol. The van der Waals surface area contributed by atoms with Crippen LogP contribution in [0.2, 0.25) is 0 Å². The second-order valence-corrected chi connectivity index (χ2v) is 5.53. The Balaban J connectivity index is 1.96. The van der Waals surface area contributed by atoms with Crippen molar-refractivity contribution in [3.63, 3.8) is 0 Å². The summed E-state index contributed by atoms with van der Waals surface area (Å²) >= 11 is 0. The van der Waals surface area contributed by atoms with Crippen molar-refractivity contribution in [3.8, 4) is 0 Å². The maximum atomic E-state index is 12.2. The summed E-state index contributed by atoms with van der Waals surface area (Å²) in [6.45, 7) is 5.74. The van der Waals surface area contributed by atoms with E-state index < -0.39 is 0 Å². The molecule has 1 unspecified atom stereocenters. The first kappa shape index (κ1) is 17.8. The Labute approximate surface area is 142 Å². The molecule has 2 rings (SSSR count). The quantitative estimate of drug-likeness (QED) is 0.523. The topological polar surface area (TPSA) is 85.8 Å². The lowest BCUT2D eigenvalue weighted by Gasteiger charge is -2.18. The van der Waals surface area contributed by atoms with Gasteiger partial charge in [-0.1, -0.05) is 18.2 Å². The van der Waals surface area contributed by atoms with E-state index in [-0.39, 0.29) is 24.4 Å². The number of carbonyl (C=O) groups excluding carboxylic acids is 2. The van der Waals surface area contributed by atoms with E-state index in [1.165, 1.54) is 0 Å². The number of nitrogens with zero attached hydrogens (tertiary/aromatic N) is 2. The van der Waals surface area contributed by atoms with E-state index in [1.807, 2.05) is 44.2 Å². The summed E-state index contributed by atoms with van der Waals surface area (Å²) < 4.78 is 0. The van der Waals surface area contributed by atoms with Crippen molar-refractivity contribution >= 4 is 23.5 Å². The van der Waals surface area contributed by atoms with Crippen LogP contribution in [-0.2, 0) is 9.59 Å². The molecule has 130 valence electrons. The van der Waals surface area contributed by atoms with Gasteiger partial charge >= 0.3 is 0 Å². The molecule has 1 aromatic rings. The number of amides is 2. The molecule has 7 heteroatoms. The van der Waals surface area contributed by atoms with E-state index in [1.54, 1.807) is 4.90 Å². The molecule has 24 heavy (non-hydrogen) atoms. The van der Waals surface area contributed by atoms with Crippen LogP contribution in [0.1, 0.15) is 20.3 Å². The number of anilines is 1. The van der Waals surface area contributed by atoms with Gasteiger partial charge in [-0.2, -0.15) is 0 Å². The van der Waals surface area contributed by atoms with Gasteiger partial charge in [-0.3, -0.25) is 9.59 Å². The molecule has 0 spiro atoms. The van der Waals surface area contributed by atoms with Gasteiger partial charge in [-0.15, -0.1) is 0 Å². The molecule has 1 aromatic carbocycles. The number of hydrogen-bond donors (Lipinski definition) is 3. The summed E-state index contributed by atoms with van der Waals surface area (Å²) in [5.41, 5.74) is 0.899. The number of guanidine groups is 1. The number of nitrogens with one attached hydrogen (secondary N) is 3. The molecule has 3 N–H and O–H groups in total. The Morgan fingerprint density at radius 1 is 1.21 bits per heavy atom. The van der Waals surface area contributed by atoms with Gasteiger partial charge in [0.1, 0.15) is 6.54 Å². The predicted molar refractivity (Wildman–Crippen MR) is 95.0 cm³/mol. The molecule has 1 fully saturated rings. The van der Waals surface area contributed by atoms with Crippen molar-refractivity contribution in [2.45, 2.75) is 26.3 Å². The van der Waals surface area contributed by atoms with Crippen LogP contribution in [0.25, 0.3) is 0 Å². The average Bonchev–Trinajstić information content (AvgIpc) is 2.94. The van der Waals surface area contributed by atoms with Crippen LogP contribution in [0.4, 0.5) is 5.69 Å². The number of likely N-dealkylation sites (N-methyl/N-ethyl adjacent to an activating group) is 1. The molecule has 7 nitrogen and oxygen atoms in total. The third kappa shape index (κ3) is 4.97. The third-order valence-corrected chi connectivity index (χ3v) is 3.63. The number of para-hydroxylation sites is 1. The Morgan fingerprint density at radius 3 is 2.58 bits per heavy atom. The Bertz CT molecular complexity index is 588. The van der Waals surface area contributed by atoms with Crippen LogP contribution < -0.4 is 20.9 Å². The van der Waals surface area contributed by atoms with Crippen LogP contribution in [-0.4, -0.2) is 50.0 Å². The SMILES string of the molecule is CCNC(=O)CN=C(NCC)NC1CC(=O)N(c2ccccc2)C1. The number of rotatable bonds is 6. The van der Waals surface area contributed by atoms with Gasteiger partial charge in [0, 0.05) is 31.7 Å². The predicted octanol–water partition coefficient (Wildman–Crippen LogP) is 0.483. The molecular formula is C17H25N5O2. The van der Waals surface area contributed by atoms with Crippen LogP contribution in [0.3, 0.4) is 0 Å². The van der Waals surface area contributed by atoms with Crippen molar-refractivity contribution in [1.29, 1.82) is 0 Å². The third-order valence-electron chi connectivity index (χ3n) is 3.63. The van der Waals surface area contributed by atoms with Gasteiger partial charge in [-0.05, 0) is 26.0 Å². The summed E-state index contributed by atoms with van der Waals surface area (Å²) in [4.78, 5) is 29.8. The van der Waals surface area contributed by atoms with Gasteiger partial charge in [-0.25, -0.2) is 4.99 Å². The zero-order chi connectivity index (χ0) is 17.4. The normalized spacial score (nSPS) is 17.8. The van der Waals surface area contributed by atoms with Gasteiger partial charge in [0.2, 0.25) is 11.8 Å². The summed E-state index contributed by atoms with van der Waals surface area (Å²) in [6, 6.07) is 9.58. The molecule has 1 aliphatic rings. The minimum absolute atomic E-state index is 0.0373. The first-order chi connectivity index (χ1) is 11.6. The number of carbonyl (C=O) groups is 2. The van der Waals surface area contributed by atoms with E-state index in [2.05, 4.69) is 20.9 Å². The lowest BCUT2D eigenvalue weighted by molar-refractivity contribution is -0.119. The first-order valence-corrected chi connectivity index (χ1v) is 8.31. The fraction of sp³-hybridized carbons (Fsp3) is 0.471. The maximum absolute atomic E-state index is 12.2. The maximum Gasteiger partial charge on any atom is 0.241 e. The van der Waals surface area contributed by atoms with Crippen LogP contribution >= 0.6 is 0 Å². The van der Waals surface area contributed by atoms with Crippen molar-refractivity contribution in [2.24, 2.45) is 4.99 Å². The summed E-state index contributed by atoms with van der Waals surface area (Å²) in [5, 5.41) is 9.05. The standard InChI is InChI=1S/C17H25N5O2/c1-3-18-15(23)11-20-17(19-4-2)21-13-10-16(24)22(12-13)14-8-6-5-7-9-14/h5-9,13H,3-4,10-12H2,1-2H3,(H,18,23)(H2,19,20,21). The van der Waals surface area contributed by atoms with E-state index in [9.17, 15) is 9.59 Å². The minimum atomic E-state index is -0.122. The second-order valence-electron chi connectivity index (χ2n) is 5.53. The molecular weight excluding hydrogens is 306 g/mol. The number of hydrogen-bond acceptors (Lipinski definition) is 3. The van der Waals surface area contributed by atoms with Crippen LogP contribution in [0.5, 0.6) is 0 Å². The molecule has 1 atom stereocenters. The Kier molecular flexibility index (Phi) is 6.60. The largest absolute Gasteiger partial charge is 0.357 e. The summed E-state index contributed by atoms with van der Waals surface area (Å²) in [5.74, 6) is 0.512. The lowest BCUT2D eigenvalue weighted by atomic mass is 10.2. The van der Waals surface area contributed by atoms with Gasteiger partial charge in [0.15, 0.2) is 5.96 Å². The van der Waals surface area contributed by atoms with Gasteiger partial charge in [0.25, 0.3) is 0 Å². The minimum Gasteiger partial charge on any atom is -0.357 e. The Hall–Kier alpha value is -2.57. The van der Waals surface area contributed by atoms with Gasteiger partial charge < -0.3 is 20.9 Å². The number of aliphatic imine (C=N–C) groups is 1. The zero-order valence-electron chi connectivity index (χ0n) is 14.2. The highest BCUT2D eigenvalue weighted by Gasteiger charge is 2.31. The molecule has 1 saturated heterocycles. The second kappa shape index (κ2) is 8.90.